The van der Waals surface area contributed by atoms with Gasteiger partial charge < -0.3 is 10.2 Å². The van der Waals surface area contributed by atoms with Crippen LogP contribution in [0.2, 0.25) is 0 Å². The Morgan fingerprint density at radius 3 is 2.42 bits per heavy atom. The highest BCUT2D eigenvalue weighted by Crippen LogP contribution is 2.35. The molecule has 1 aliphatic heterocycles. The van der Waals surface area contributed by atoms with Crippen molar-refractivity contribution >= 4 is 10.8 Å². The maximum Gasteiger partial charge on any atom is 0.0244 e. The predicted octanol–water partition coefficient (Wildman–Crippen LogP) is 1.85. The van der Waals surface area contributed by atoms with E-state index in [1.54, 1.807) is 6.26 Å². The number of likely N-dealkylation sites (tertiary alicyclic amines) is 1. The van der Waals surface area contributed by atoms with Crippen LogP contribution in [0.25, 0.3) is 0 Å². The normalized spacial score (nSPS) is 33.6. The molecule has 19 heavy (non-hydrogen) atoms. The van der Waals surface area contributed by atoms with Crippen LogP contribution in [-0.4, -0.2) is 52.8 Å². The highest BCUT2D eigenvalue weighted by Gasteiger charge is 2.39. The minimum Gasteiger partial charge on any atom is -0.313 e. The molecule has 2 rings (SSSR count). The van der Waals surface area contributed by atoms with E-state index in [4.69, 9.17) is 0 Å². The van der Waals surface area contributed by atoms with Crippen LogP contribution in [0, 0.1) is 11.8 Å². The lowest BCUT2D eigenvalue weighted by atomic mass is 9.73. The van der Waals surface area contributed by atoms with Crippen LogP contribution in [0.4, 0.5) is 0 Å². The van der Waals surface area contributed by atoms with E-state index < -0.39 is 10.8 Å². The van der Waals surface area contributed by atoms with Gasteiger partial charge in [0.1, 0.15) is 0 Å². The molecule has 0 radical (unpaired) electrons. The molecule has 2 bridgehead atoms. The van der Waals surface area contributed by atoms with Gasteiger partial charge in [0.05, 0.1) is 0 Å². The number of nitrogens with one attached hydrogen (secondary N) is 1. The molecule has 0 spiro atoms. The predicted molar refractivity (Wildman–Crippen MR) is 82.9 cm³/mol. The largest absolute Gasteiger partial charge is 0.313 e. The lowest BCUT2D eigenvalue weighted by Gasteiger charge is -2.49. The Bertz CT molecular complexity index is 295. The Morgan fingerprint density at radius 2 is 1.89 bits per heavy atom. The number of piperidine rings is 1. The van der Waals surface area contributed by atoms with Gasteiger partial charge in [-0.1, -0.05) is 6.42 Å². The molecular formula is C15H30N2OS. The third-order valence-corrected chi connectivity index (χ3v) is 5.69. The van der Waals surface area contributed by atoms with Crippen molar-refractivity contribution in [3.63, 3.8) is 0 Å². The van der Waals surface area contributed by atoms with Gasteiger partial charge in [0.25, 0.3) is 0 Å². The molecule has 1 heterocycles. The summed E-state index contributed by atoms with van der Waals surface area (Å²) in [6, 6.07) is 1.40. The smallest absolute Gasteiger partial charge is 0.0244 e. The third kappa shape index (κ3) is 4.27. The quantitative estimate of drug-likeness (QED) is 0.756. The monoisotopic (exact) mass is 286 g/mol. The van der Waals surface area contributed by atoms with Gasteiger partial charge in [0.2, 0.25) is 0 Å². The molecule has 3 atom stereocenters. The summed E-state index contributed by atoms with van der Waals surface area (Å²) >= 11 is 0. The molecule has 1 saturated carbocycles. The van der Waals surface area contributed by atoms with Crippen molar-refractivity contribution in [1.82, 2.24) is 10.2 Å². The molecule has 3 nitrogen and oxygen atoms in total. The number of hydrogen-bond acceptors (Lipinski definition) is 3. The zero-order valence-corrected chi connectivity index (χ0v) is 13.5. The zero-order valence-electron chi connectivity index (χ0n) is 12.7. The van der Waals surface area contributed by atoms with Crippen LogP contribution in [-0.2, 0) is 10.8 Å². The molecule has 4 heteroatoms. The number of fused-ring (bicyclic) bond motifs is 2. The van der Waals surface area contributed by atoms with E-state index in [0.717, 1.165) is 30.6 Å². The van der Waals surface area contributed by atoms with Gasteiger partial charge in [-0.25, -0.2) is 0 Å². The first-order valence-corrected chi connectivity index (χ1v) is 9.58. The van der Waals surface area contributed by atoms with Crippen LogP contribution >= 0.6 is 0 Å². The van der Waals surface area contributed by atoms with E-state index in [1.165, 1.54) is 32.4 Å². The van der Waals surface area contributed by atoms with Gasteiger partial charge in [-0.05, 0) is 51.5 Å². The molecule has 1 aliphatic carbocycles. The molecule has 1 N–H and O–H groups in total. The van der Waals surface area contributed by atoms with E-state index in [2.05, 4.69) is 24.1 Å². The molecule has 0 amide bonds. The third-order valence-electron chi connectivity index (χ3n) is 4.82. The summed E-state index contributed by atoms with van der Waals surface area (Å²) in [4.78, 5) is 2.66. The zero-order chi connectivity index (χ0) is 13.8. The van der Waals surface area contributed by atoms with Gasteiger partial charge >= 0.3 is 0 Å². The number of hydrogen-bond donors (Lipinski definition) is 1. The van der Waals surface area contributed by atoms with Crippen LogP contribution in [0.1, 0.15) is 39.5 Å². The van der Waals surface area contributed by atoms with Crippen molar-refractivity contribution in [2.24, 2.45) is 11.8 Å². The van der Waals surface area contributed by atoms with Crippen molar-refractivity contribution in [3.8, 4) is 0 Å². The average Bonchev–Trinajstić information content (AvgIpc) is 2.33. The first-order chi connectivity index (χ1) is 9.08. The van der Waals surface area contributed by atoms with Crippen molar-refractivity contribution in [2.45, 2.75) is 51.6 Å². The summed E-state index contributed by atoms with van der Waals surface area (Å²) in [6.45, 7) is 8.22. The Balaban J connectivity index is 1.82. The van der Waals surface area contributed by atoms with Gasteiger partial charge in [0.15, 0.2) is 0 Å². The Kier molecular flexibility index (Phi) is 5.85. The summed E-state index contributed by atoms with van der Waals surface area (Å²) in [7, 11) is -0.637. The minimum atomic E-state index is -0.637. The van der Waals surface area contributed by atoms with Gasteiger partial charge in [0, 0.05) is 48.0 Å². The average molecular weight is 286 g/mol. The van der Waals surface area contributed by atoms with E-state index >= 15 is 0 Å². The Hall–Kier alpha value is 0.0700. The number of nitrogens with zero attached hydrogens (tertiary/aromatic N) is 1. The molecule has 112 valence electrons. The molecular weight excluding hydrogens is 256 g/mol. The van der Waals surface area contributed by atoms with Crippen LogP contribution < -0.4 is 5.32 Å². The minimum absolute atomic E-state index is 0.637. The topological polar surface area (TPSA) is 32.3 Å². The number of rotatable bonds is 6. The summed E-state index contributed by atoms with van der Waals surface area (Å²) in [5, 5.41) is 3.78. The fourth-order valence-corrected chi connectivity index (χ4v) is 4.32. The highest BCUT2D eigenvalue weighted by molar-refractivity contribution is 7.84. The molecule has 0 aromatic rings. The van der Waals surface area contributed by atoms with Crippen molar-refractivity contribution in [3.05, 3.63) is 0 Å². The highest BCUT2D eigenvalue weighted by atomic mass is 32.2. The lowest BCUT2D eigenvalue weighted by molar-refractivity contribution is 0.0299. The summed E-state index contributed by atoms with van der Waals surface area (Å²) in [6.07, 6.45) is 7.04. The molecule has 0 aromatic carbocycles. The molecule has 0 aromatic heterocycles. The fraction of sp³-hybridized carbons (Fsp3) is 1.00. The lowest BCUT2D eigenvalue weighted by Crippen LogP contribution is -2.58. The second kappa shape index (κ2) is 7.19. The second-order valence-corrected chi connectivity index (χ2v) is 8.16. The molecule has 2 fully saturated rings. The fourth-order valence-electron chi connectivity index (χ4n) is 3.77. The van der Waals surface area contributed by atoms with Gasteiger partial charge in [-0.2, -0.15) is 0 Å². The maximum atomic E-state index is 11.1. The van der Waals surface area contributed by atoms with E-state index in [9.17, 15) is 4.21 Å². The van der Waals surface area contributed by atoms with E-state index in [1.807, 2.05) is 0 Å². The summed E-state index contributed by atoms with van der Waals surface area (Å²) < 4.78 is 11.1. The van der Waals surface area contributed by atoms with Gasteiger partial charge in [-0.3, -0.25) is 4.21 Å². The van der Waals surface area contributed by atoms with Gasteiger partial charge in [-0.15, -0.1) is 0 Å². The molecule has 2 aliphatic rings. The van der Waals surface area contributed by atoms with E-state index in [-0.39, 0.29) is 0 Å². The Morgan fingerprint density at radius 1 is 1.26 bits per heavy atom. The summed E-state index contributed by atoms with van der Waals surface area (Å²) in [5.74, 6) is 2.51. The Labute approximate surface area is 121 Å². The maximum absolute atomic E-state index is 11.1. The standard InChI is InChI=1S/C15H30N2OS/c1-12(2)17-10-13-6-4-7-14(11-17)15(13)16-8-5-9-19(3)18/h12-16H,4-11H2,1-3H3. The molecule has 1 saturated heterocycles. The van der Waals surface area contributed by atoms with Crippen molar-refractivity contribution in [2.75, 3.05) is 31.6 Å². The summed E-state index contributed by atoms with van der Waals surface area (Å²) in [5.41, 5.74) is 0. The van der Waals surface area contributed by atoms with Crippen molar-refractivity contribution < 1.29 is 4.21 Å². The molecule has 3 unspecified atom stereocenters. The SMILES string of the molecule is CC(C)N1CC2CCCC(C1)C2NCCCS(C)=O. The first-order valence-electron chi connectivity index (χ1n) is 7.85. The van der Waals surface area contributed by atoms with Crippen LogP contribution in [0.15, 0.2) is 0 Å². The first kappa shape index (κ1) is 15.5. The van der Waals surface area contributed by atoms with Crippen molar-refractivity contribution in [1.29, 1.82) is 0 Å². The second-order valence-electron chi connectivity index (χ2n) is 6.61. The van der Waals surface area contributed by atoms with Crippen LogP contribution in [0.5, 0.6) is 0 Å². The van der Waals surface area contributed by atoms with Crippen LogP contribution in [0.3, 0.4) is 0 Å². The van der Waals surface area contributed by atoms with E-state index in [0.29, 0.717) is 12.1 Å².